The molecule has 0 aliphatic carbocycles. The molecule has 0 radical (unpaired) electrons. The van der Waals surface area contributed by atoms with Crippen molar-refractivity contribution < 1.29 is 9.84 Å². The van der Waals surface area contributed by atoms with E-state index in [1.165, 1.54) is 0 Å². The smallest absolute Gasteiger partial charge is 0.127 e. The largest absolute Gasteiger partial charge is 0.507 e. The van der Waals surface area contributed by atoms with E-state index in [9.17, 15) is 5.11 Å². The number of aromatic hydroxyl groups is 1. The Kier molecular flexibility index (Phi) is 2.59. The Balaban J connectivity index is 2.37. The van der Waals surface area contributed by atoms with E-state index in [-0.39, 0.29) is 6.04 Å². The summed E-state index contributed by atoms with van der Waals surface area (Å²) in [4.78, 5) is 0. The fourth-order valence-electron chi connectivity index (χ4n) is 1.99. The van der Waals surface area contributed by atoms with Crippen LogP contribution in [0.4, 0.5) is 0 Å². The molecule has 76 valence electrons. The first-order valence-electron chi connectivity index (χ1n) is 4.92. The lowest BCUT2D eigenvalue weighted by Crippen LogP contribution is -2.13. The molecule has 1 aromatic carbocycles. The first kappa shape index (κ1) is 9.34. The number of methoxy groups -OCH3 is 1. The maximum Gasteiger partial charge on any atom is 0.127 e. The highest BCUT2D eigenvalue weighted by atomic mass is 16.5. The van der Waals surface area contributed by atoms with Gasteiger partial charge in [0.1, 0.15) is 11.5 Å². The third-order valence-corrected chi connectivity index (χ3v) is 2.67. The zero-order valence-corrected chi connectivity index (χ0v) is 8.29. The van der Waals surface area contributed by atoms with Gasteiger partial charge in [0, 0.05) is 6.04 Å². The maximum atomic E-state index is 9.76. The molecule has 3 nitrogen and oxygen atoms in total. The molecule has 1 aliphatic rings. The summed E-state index contributed by atoms with van der Waals surface area (Å²) in [7, 11) is 1.63. The van der Waals surface area contributed by atoms with E-state index in [1.54, 1.807) is 19.2 Å². The minimum atomic E-state index is 0.242. The molecule has 3 heteroatoms. The Labute approximate surface area is 83.7 Å². The van der Waals surface area contributed by atoms with Gasteiger partial charge in [-0.05, 0) is 31.5 Å². The highest BCUT2D eigenvalue weighted by molar-refractivity contribution is 5.46. The molecule has 0 aromatic heterocycles. The van der Waals surface area contributed by atoms with Gasteiger partial charge in [-0.15, -0.1) is 0 Å². The van der Waals surface area contributed by atoms with Gasteiger partial charge >= 0.3 is 0 Å². The van der Waals surface area contributed by atoms with Crippen molar-refractivity contribution in [2.45, 2.75) is 18.9 Å². The van der Waals surface area contributed by atoms with Crippen LogP contribution in [0.25, 0.3) is 0 Å². The quantitative estimate of drug-likeness (QED) is 0.752. The number of hydrogen-bond acceptors (Lipinski definition) is 3. The third-order valence-electron chi connectivity index (χ3n) is 2.67. The van der Waals surface area contributed by atoms with Crippen LogP contribution in [0.1, 0.15) is 24.4 Å². The molecule has 0 saturated carbocycles. The molecule has 2 rings (SSSR count). The predicted octanol–water partition coefficient (Wildman–Crippen LogP) is 1.83. The molecule has 1 fully saturated rings. The van der Waals surface area contributed by atoms with E-state index in [0.29, 0.717) is 5.75 Å². The van der Waals surface area contributed by atoms with Crippen LogP contribution in [0.5, 0.6) is 11.5 Å². The second kappa shape index (κ2) is 3.88. The number of nitrogens with one attached hydrogen (secondary N) is 1. The second-order valence-corrected chi connectivity index (χ2v) is 3.54. The summed E-state index contributed by atoms with van der Waals surface area (Å²) in [6.45, 7) is 1.02. The SMILES string of the molecule is COc1cccc(O)c1C1CCCN1. The lowest BCUT2D eigenvalue weighted by Gasteiger charge is -2.16. The molecular formula is C11H15NO2. The molecule has 2 N–H and O–H groups in total. The van der Waals surface area contributed by atoms with E-state index in [4.69, 9.17) is 4.74 Å². The summed E-state index contributed by atoms with van der Waals surface area (Å²) in [6.07, 6.45) is 2.22. The van der Waals surface area contributed by atoms with Crippen molar-refractivity contribution in [3.63, 3.8) is 0 Å². The first-order valence-corrected chi connectivity index (χ1v) is 4.92. The normalized spacial score (nSPS) is 21.1. The summed E-state index contributed by atoms with van der Waals surface area (Å²) in [5, 5.41) is 13.1. The highest BCUT2D eigenvalue weighted by Gasteiger charge is 2.22. The van der Waals surface area contributed by atoms with Crippen LogP contribution in [-0.2, 0) is 0 Å². The molecule has 14 heavy (non-hydrogen) atoms. The molecule has 0 amide bonds. The van der Waals surface area contributed by atoms with E-state index in [1.807, 2.05) is 6.07 Å². The van der Waals surface area contributed by atoms with Crippen LogP contribution in [0, 0.1) is 0 Å². The van der Waals surface area contributed by atoms with Crippen molar-refractivity contribution in [2.75, 3.05) is 13.7 Å². The summed E-state index contributed by atoms with van der Waals surface area (Å²) in [5.41, 5.74) is 0.896. The highest BCUT2D eigenvalue weighted by Crippen LogP contribution is 2.36. The molecule has 1 aromatic rings. The number of benzene rings is 1. The van der Waals surface area contributed by atoms with Gasteiger partial charge in [0.15, 0.2) is 0 Å². The summed E-state index contributed by atoms with van der Waals surface area (Å²) >= 11 is 0. The van der Waals surface area contributed by atoms with Gasteiger partial charge in [-0.25, -0.2) is 0 Å². The molecule has 1 atom stereocenters. The Bertz CT molecular complexity index is 319. The third kappa shape index (κ3) is 1.55. The minimum absolute atomic E-state index is 0.242. The van der Waals surface area contributed by atoms with E-state index >= 15 is 0 Å². The van der Waals surface area contributed by atoms with Gasteiger partial charge in [0.05, 0.1) is 12.7 Å². The van der Waals surface area contributed by atoms with Crippen molar-refractivity contribution in [2.24, 2.45) is 0 Å². The number of phenols is 1. The summed E-state index contributed by atoms with van der Waals surface area (Å²) in [5.74, 6) is 1.09. The average Bonchev–Trinajstić information content (AvgIpc) is 2.70. The molecular weight excluding hydrogens is 178 g/mol. The van der Waals surface area contributed by atoms with Gasteiger partial charge in [-0.1, -0.05) is 6.07 Å². The predicted molar refractivity (Wildman–Crippen MR) is 54.6 cm³/mol. The van der Waals surface area contributed by atoms with Crippen molar-refractivity contribution in [1.29, 1.82) is 0 Å². The topological polar surface area (TPSA) is 41.5 Å². The minimum Gasteiger partial charge on any atom is -0.507 e. The number of phenolic OH excluding ortho intramolecular Hbond substituents is 1. The van der Waals surface area contributed by atoms with Crippen molar-refractivity contribution >= 4 is 0 Å². The fourth-order valence-corrected chi connectivity index (χ4v) is 1.99. The summed E-state index contributed by atoms with van der Waals surface area (Å²) < 4.78 is 5.24. The van der Waals surface area contributed by atoms with Gasteiger partial charge in [0.2, 0.25) is 0 Å². The average molecular weight is 193 g/mol. The van der Waals surface area contributed by atoms with E-state index in [2.05, 4.69) is 5.32 Å². The van der Waals surface area contributed by atoms with Gasteiger partial charge in [-0.3, -0.25) is 0 Å². The molecule has 1 aliphatic heterocycles. The molecule has 0 spiro atoms. The Morgan fingerprint density at radius 1 is 1.50 bits per heavy atom. The van der Waals surface area contributed by atoms with Crippen molar-refractivity contribution in [3.05, 3.63) is 23.8 Å². The van der Waals surface area contributed by atoms with Crippen LogP contribution in [0.3, 0.4) is 0 Å². The lowest BCUT2D eigenvalue weighted by atomic mass is 10.0. The zero-order valence-electron chi connectivity index (χ0n) is 8.29. The van der Waals surface area contributed by atoms with Crippen molar-refractivity contribution in [1.82, 2.24) is 5.32 Å². The molecule has 1 saturated heterocycles. The van der Waals surface area contributed by atoms with E-state index in [0.717, 1.165) is 30.7 Å². The fraction of sp³-hybridized carbons (Fsp3) is 0.455. The Morgan fingerprint density at radius 3 is 3.00 bits per heavy atom. The van der Waals surface area contributed by atoms with E-state index < -0.39 is 0 Å². The van der Waals surface area contributed by atoms with Gasteiger partial charge in [-0.2, -0.15) is 0 Å². The Hall–Kier alpha value is -1.22. The van der Waals surface area contributed by atoms with Gasteiger partial charge < -0.3 is 15.2 Å². The van der Waals surface area contributed by atoms with Crippen molar-refractivity contribution in [3.8, 4) is 11.5 Å². The molecule has 1 unspecified atom stereocenters. The molecule has 0 bridgehead atoms. The standard InChI is InChI=1S/C11H15NO2/c1-14-10-6-2-5-9(13)11(10)8-4-3-7-12-8/h2,5-6,8,12-13H,3-4,7H2,1H3. The first-order chi connectivity index (χ1) is 6.83. The zero-order chi connectivity index (χ0) is 9.97. The second-order valence-electron chi connectivity index (χ2n) is 3.54. The van der Waals surface area contributed by atoms with Crippen LogP contribution in [-0.4, -0.2) is 18.8 Å². The Morgan fingerprint density at radius 2 is 2.36 bits per heavy atom. The van der Waals surface area contributed by atoms with Crippen LogP contribution in [0.15, 0.2) is 18.2 Å². The monoisotopic (exact) mass is 193 g/mol. The van der Waals surface area contributed by atoms with Crippen LogP contribution in [0.2, 0.25) is 0 Å². The number of ether oxygens (including phenoxy) is 1. The maximum absolute atomic E-state index is 9.76. The number of hydrogen-bond donors (Lipinski definition) is 2. The molecule has 1 heterocycles. The van der Waals surface area contributed by atoms with Crippen LogP contribution < -0.4 is 10.1 Å². The van der Waals surface area contributed by atoms with Gasteiger partial charge in [0.25, 0.3) is 0 Å². The van der Waals surface area contributed by atoms with Crippen LogP contribution >= 0.6 is 0 Å². The lowest BCUT2D eigenvalue weighted by molar-refractivity contribution is 0.390. The summed E-state index contributed by atoms with van der Waals surface area (Å²) in [6, 6.07) is 5.63. The number of rotatable bonds is 2.